The normalized spacial score (nSPS) is 18.7. The second kappa shape index (κ2) is 9.97. The zero-order valence-corrected chi connectivity index (χ0v) is 18.2. The summed E-state index contributed by atoms with van der Waals surface area (Å²) in [4.78, 5) is 34.5. The van der Waals surface area contributed by atoms with E-state index in [0.717, 1.165) is 23.3 Å². The molecule has 2 aromatic rings. The van der Waals surface area contributed by atoms with E-state index in [1.165, 1.54) is 12.4 Å². The topological polar surface area (TPSA) is 119 Å². The molecular weight excluding hydrogens is 432 g/mol. The molecule has 4 N–H and O–H groups in total. The summed E-state index contributed by atoms with van der Waals surface area (Å²) in [6.07, 6.45) is 4.24. The fourth-order valence-electron chi connectivity index (χ4n) is 3.88. The summed E-state index contributed by atoms with van der Waals surface area (Å²) in [7, 11) is 0. The summed E-state index contributed by atoms with van der Waals surface area (Å²) in [6.45, 7) is 2.34. The highest BCUT2D eigenvalue weighted by Gasteiger charge is 2.29. The standard InChI is InChI=1S/C22H25ClN6O3/c23-16-3-1-14(2-4-16)8-24-21(32)7-15-11-29(12-17-5-6-20(31)27-17)13-19(15)28-22-25-9-18(30)10-26-22/h1-4,9-10,17,30H,5-8,11-13H2,(H,24,32)(H,27,31)(H,25,26,28). The Morgan fingerprint density at radius 2 is 1.97 bits per heavy atom. The molecule has 1 aromatic heterocycles. The molecule has 0 spiro atoms. The van der Waals surface area contributed by atoms with Gasteiger partial charge in [-0.05, 0) is 29.7 Å². The molecule has 0 bridgehead atoms. The summed E-state index contributed by atoms with van der Waals surface area (Å²) >= 11 is 5.91. The van der Waals surface area contributed by atoms with Gasteiger partial charge in [0.2, 0.25) is 17.8 Å². The number of aromatic nitrogens is 2. The molecule has 1 aromatic carbocycles. The Morgan fingerprint density at radius 3 is 2.66 bits per heavy atom. The number of rotatable bonds is 8. The van der Waals surface area contributed by atoms with Crippen LogP contribution in [0.4, 0.5) is 5.95 Å². The second-order valence-electron chi connectivity index (χ2n) is 8.02. The molecule has 168 valence electrons. The molecule has 0 saturated carbocycles. The van der Waals surface area contributed by atoms with E-state index in [2.05, 4.69) is 30.8 Å². The van der Waals surface area contributed by atoms with Crippen LogP contribution in [0.1, 0.15) is 24.8 Å². The van der Waals surface area contributed by atoms with Gasteiger partial charge in [0.05, 0.1) is 18.8 Å². The van der Waals surface area contributed by atoms with Gasteiger partial charge in [0.1, 0.15) is 0 Å². The molecule has 1 atom stereocenters. The summed E-state index contributed by atoms with van der Waals surface area (Å²) in [5, 5.41) is 19.2. The van der Waals surface area contributed by atoms with Crippen LogP contribution in [0.25, 0.3) is 0 Å². The van der Waals surface area contributed by atoms with Gasteiger partial charge in [0, 0.05) is 49.4 Å². The van der Waals surface area contributed by atoms with E-state index in [1.807, 2.05) is 12.1 Å². The van der Waals surface area contributed by atoms with Crippen LogP contribution < -0.4 is 16.0 Å². The lowest BCUT2D eigenvalue weighted by Crippen LogP contribution is -2.38. The van der Waals surface area contributed by atoms with E-state index in [9.17, 15) is 14.7 Å². The van der Waals surface area contributed by atoms with Gasteiger partial charge in [0.25, 0.3) is 0 Å². The van der Waals surface area contributed by atoms with E-state index >= 15 is 0 Å². The van der Waals surface area contributed by atoms with Crippen molar-refractivity contribution < 1.29 is 14.7 Å². The highest BCUT2D eigenvalue weighted by molar-refractivity contribution is 6.30. The highest BCUT2D eigenvalue weighted by Crippen LogP contribution is 2.23. The van der Waals surface area contributed by atoms with Gasteiger partial charge >= 0.3 is 0 Å². The lowest BCUT2D eigenvalue weighted by atomic mass is 10.1. The number of hydrogen-bond acceptors (Lipinski definition) is 7. The quantitative estimate of drug-likeness (QED) is 0.478. The molecule has 3 heterocycles. The lowest BCUT2D eigenvalue weighted by Gasteiger charge is -2.20. The lowest BCUT2D eigenvalue weighted by molar-refractivity contribution is -0.121. The number of halogens is 1. The fourth-order valence-corrected chi connectivity index (χ4v) is 4.01. The Balaban J connectivity index is 1.40. The molecule has 1 unspecified atom stereocenters. The molecule has 10 heteroatoms. The van der Waals surface area contributed by atoms with Crippen LogP contribution in [0.3, 0.4) is 0 Å². The van der Waals surface area contributed by atoms with Gasteiger partial charge in [-0.15, -0.1) is 0 Å². The van der Waals surface area contributed by atoms with E-state index in [4.69, 9.17) is 11.6 Å². The van der Waals surface area contributed by atoms with Crippen molar-refractivity contribution in [3.05, 3.63) is 58.5 Å². The van der Waals surface area contributed by atoms with Crippen LogP contribution in [0.2, 0.25) is 5.02 Å². The van der Waals surface area contributed by atoms with Crippen LogP contribution in [0.5, 0.6) is 5.75 Å². The molecule has 2 aliphatic heterocycles. The van der Waals surface area contributed by atoms with Crippen molar-refractivity contribution in [2.75, 3.05) is 25.0 Å². The minimum absolute atomic E-state index is 0.0173. The van der Waals surface area contributed by atoms with Gasteiger partial charge in [0.15, 0.2) is 5.75 Å². The number of nitrogens with one attached hydrogen (secondary N) is 3. The molecule has 4 rings (SSSR count). The third-order valence-electron chi connectivity index (χ3n) is 5.46. The molecule has 2 aliphatic rings. The SMILES string of the molecule is O=C(CC1=C(Nc2ncc(O)cn2)CN(CC2CCC(=O)N2)C1)NCc1ccc(Cl)cc1. The summed E-state index contributed by atoms with van der Waals surface area (Å²) in [5.74, 6) is 0.334. The summed E-state index contributed by atoms with van der Waals surface area (Å²) < 4.78 is 0. The van der Waals surface area contributed by atoms with Crippen LogP contribution >= 0.6 is 11.6 Å². The minimum Gasteiger partial charge on any atom is -0.505 e. The Hall–Kier alpha value is -3.17. The Kier molecular flexibility index (Phi) is 6.87. The van der Waals surface area contributed by atoms with Crippen LogP contribution in [-0.2, 0) is 16.1 Å². The first-order valence-corrected chi connectivity index (χ1v) is 10.8. The van der Waals surface area contributed by atoms with Crippen molar-refractivity contribution in [1.82, 2.24) is 25.5 Å². The van der Waals surface area contributed by atoms with Crippen molar-refractivity contribution in [1.29, 1.82) is 0 Å². The summed E-state index contributed by atoms with van der Waals surface area (Å²) in [5.41, 5.74) is 2.78. The highest BCUT2D eigenvalue weighted by atomic mass is 35.5. The third kappa shape index (κ3) is 5.95. The van der Waals surface area contributed by atoms with Crippen molar-refractivity contribution in [2.45, 2.75) is 31.8 Å². The second-order valence-corrected chi connectivity index (χ2v) is 8.46. The van der Waals surface area contributed by atoms with Crippen molar-refractivity contribution in [3.63, 3.8) is 0 Å². The number of anilines is 1. The first-order valence-electron chi connectivity index (χ1n) is 10.5. The number of benzene rings is 1. The minimum atomic E-state index is -0.0862. The molecule has 0 aliphatic carbocycles. The van der Waals surface area contributed by atoms with Crippen LogP contribution in [-0.4, -0.2) is 57.5 Å². The average Bonchev–Trinajstić information content (AvgIpc) is 3.34. The number of amides is 2. The van der Waals surface area contributed by atoms with Crippen LogP contribution in [0, 0.1) is 0 Å². The molecule has 1 fully saturated rings. The third-order valence-corrected chi connectivity index (χ3v) is 5.72. The first-order chi connectivity index (χ1) is 15.4. The number of hydrogen-bond donors (Lipinski definition) is 4. The van der Waals surface area contributed by atoms with Crippen molar-refractivity contribution >= 4 is 29.4 Å². The maximum atomic E-state index is 12.6. The van der Waals surface area contributed by atoms with Crippen molar-refractivity contribution in [2.24, 2.45) is 0 Å². The van der Waals surface area contributed by atoms with Gasteiger partial charge < -0.3 is 21.1 Å². The monoisotopic (exact) mass is 456 g/mol. The largest absolute Gasteiger partial charge is 0.505 e. The molecule has 32 heavy (non-hydrogen) atoms. The summed E-state index contributed by atoms with van der Waals surface area (Å²) in [6, 6.07) is 7.46. The zero-order valence-electron chi connectivity index (χ0n) is 17.5. The smallest absolute Gasteiger partial charge is 0.227 e. The maximum absolute atomic E-state index is 12.6. The van der Waals surface area contributed by atoms with Gasteiger partial charge in [-0.3, -0.25) is 14.5 Å². The number of aromatic hydroxyl groups is 1. The predicted molar refractivity (Wildman–Crippen MR) is 120 cm³/mol. The predicted octanol–water partition coefficient (Wildman–Crippen LogP) is 1.80. The molecule has 2 amide bonds. The number of carbonyl (C=O) groups excluding carboxylic acids is 2. The van der Waals surface area contributed by atoms with E-state index in [-0.39, 0.29) is 30.0 Å². The molecule has 1 saturated heterocycles. The Bertz CT molecular complexity index is 1010. The first kappa shape index (κ1) is 22.0. The van der Waals surface area contributed by atoms with Crippen LogP contribution in [0.15, 0.2) is 47.9 Å². The van der Waals surface area contributed by atoms with Gasteiger partial charge in [-0.1, -0.05) is 23.7 Å². The molecular formula is C22H25ClN6O3. The van der Waals surface area contributed by atoms with Gasteiger partial charge in [-0.25, -0.2) is 9.97 Å². The number of carbonyl (C=O) groups is 2. The van der Waals surface area contributed by atoms with E-state index < -0.39 is 0 Å². The van der Waals surface area contributed by atoms with Crippen molar-refractivity contribution in [3.8, 4) is 5.75 Å². The van der Waals surface area contributed by atoms with Gasteiger partial charge in [-0.2, -0.15) is 0 Å². The molecule has 0 radical (unpaired) electrons. The fraction of sp³-hybridized carbons (Fsp3) is 0.364. The molecule has 9 nitrogen and oxygen atoms in total. The van der Waals surface area contributed by atoms with E-state index in [1.54, 1.807) is 12.1 Å². The zero-order chi connectivity index (χ0) is 22.5. The maximum Gasteiger partial charge on any atom is 0.227 e. The average molecular weight is 457 g/mol. The Labute approximate surface area is 190 Å². The Morgan fingerprint density at radius 1 is 1.22 bits per heavy atom. The number of nitrogens with zero attached hydrogens (tertiary/aromatic N) is 3. The van der Waals surface area contributed by atoms with E-state index in [0.29, 0.717) is 43.6 Å².